The third-order valence-corrected chi connectivity index (χ3v) is 0.660. The maximum absolute atomic E-state index is 8.01. The van der Waals surface area contributed by atoms with Crippen molar-refractivity contribution in [1.29, 1.82) is 10.5 Å². The molecule has 0 aromatic heterocycles. The summed E-state index contributed by atoms with van der Waals surface area (Å²) in [6.45, 7) is 0. The van der Waals surface area contributed by atoms with Crippen LogP contribution < -0.4 is 22.3 Å². The number of guanidine groups is 2. The molecule has 0 heterocycles. The molecule has 0 atom stereocenters. The van der Waals surface area contributed by atoms with Crippen LogP contribution in [0.3, 0.4) is 0 Å². The van der Waals surface area contributed by atoms with E-state index in [0.29, 0.717) is 0 Å². The van der Waals surface area contributed by atoms with E-state index in [0.717, 1.165) is 0 Å². The number of nitrogens with two attached hydrogens (primary N) is 2. The lowest BCUT2D eigenvalue weighted by Gasteiger charge is -2.03. The molecular formula is C4H6N8. The molecule has 0 aliphatic rings. The Morgan fingerprint density at radius 1 is 1.00 bits per heavy atom. The smallest absolute Gasteiger partial charge is 0.223 e. The summed E-state index contributed by atoms with van der Waals surface area (Å²) in [5.74, 6) is -0.345. The number of rotatable bonds is 0. The van der Waals surface area contributed by atoms with E-state index in [9.17, 15) is 0 Å². The summed E-state index contributed by atoms with van der Waals surface area (Å²) in [6, 6.07) is 0. The number of hydrogen-bond acceptors (Lipinski definition) is 4. The van der Waals surface area contributed by atoms with Gasteiger partial charge in [-0.25, -0.2) is 0 Å². The molecule has 12 heavy (non-hydrogen) atoms. The molecular weight excluding hydrogens is 160 g/mol. The Morgan fingerprint density at radius 2 is 1.33 bits per heavy atom. The van der Waals surface area contributed by atoms with Gasteiger partial charge in [0.05, 0.1) is 0 Å². The fourth-order valence-corrected chi connectivity index (χ4v) is 0.292. The molecule has 62 valence electrons. The van der Waals surface area contributed by atoms with Gasteiger partial charge in [-0.05, 0) is 0 Å². The molecule has 0 unspecified atom stereocenters. The van der Waals surface area contributed by atoms with E-state index in [1.54, 1.807) is 0 Å². The second kappa shape index (κ2) is 5.32. The highest BCUT2D eigenvalue weighted by molar-refractivity contribution is 5.84. The van der Waals surface area contributed by atoms with Crippen LogP contribution in [-0.2, 0) is 0 Å². The monoisotopic (exact) mass is 166 g/mol. The number of aliphatic imine (C=N–C) groups is 2. The predicted molar refractivity (Wildman–Crippen MR) is 40.7 cm³/mol. The second-order valence-corrected chi connectivity index (χ2v) is 1.44. The molecule has 0 bridgehead atoms. The molecule has 0 spiro atoms. The van der Waals surface area contributed by atoms with E-state index >= 15 is 0 Å². The Kier molecular flexibility index (Phi) is 4.22. The van der Waals surface area contributed by atoms with Crippen LogP contribution in [-0.4, -0.2) is 11.9 Å². The minimum Gasteiger partial charge on any atom is -0.368 e. The zero-order chi connectivity index (χ0) is 9.40. The summed E-state index contributed by atoms with van der Waals surface area (Å²) in [4.78, 5) is 6.18. The van der Waals surface area contributed by atoms with Crippen LogP contribution in [0.4, 0.5) is 0 Å². The van der Waals surface area contributed by atoms with Crippen molar-refractivity contribution in [3.63, 3.8) is 0 Å². The molecule has 0 amide bonds. The summed E-state index contributed by atoms with van der Waals surface area (Å²) >= 11 is 0. The maximum Gasteiger partial charge on any atom is 0.223 e. The Bertz CT molecular complexity index is 244. The van der Waals surface area contributed by atoms with Gasteiger partial charge in [0, 0.05) is 0 Å². The first-order valence-electron chi connectivity index (χ1n) is 2.67. The Balaban J connectivity index is 3.88. The largest absolute Gasteiger partial charge is 0.368 e. The molecule has 8 heteroatoms. The molecule has 8 nitrogen and oxygen atoms in total. The minimum atomic E-state index is -0.173. The minimum absolute atomic E-state index is 0.173. The molecule has 0 aromatic rings. The van der Waals surface area contributed by atoms with E-state index in [4.69, 9.17) is 22.0 Å². The van der Waals surface area contributed by atoms with Crippen LogP contribution in [0.5, 0.6) is 0 Å². The molecule has 0 fully saturated rings. The van der Waals surface area contributed by atoms with Gasteiger partial charge in [0.25, 0.3) is 0 Å². The van der Waals surface area contributed by atoms with Crippen LogP contribution in [0.15, 0.2) is 9.98 Å². The highest BCUT2D eigenvalue weighted by Gasteiger charge is 1.90. The van der Waals surface area contributed by atoms with Crippen molar-refractivity contribution in [2.45, 2.75) is 0 Å². The van der Waals surface area contributed by atoms with Gasteiger partial charge in [0.15, 0.2) is 0 Å². The lowest BCUT2D eigenvalue weighted by atomic mass is 10.9. The van der Waals surface area contributed by atoms with Crippen LogP contribution in [0.1, 0.15) is 0 Å². The number of hydrazine groups is 1. The topological polar surface area (TPSA) is 148 Å². The zero-order valence-electron chi connectivity index (χ0n) is 5.94. The lowest BCUT2D eigenvalue weighted by Crippen LogP contribution is -2.48. The summed E-state index contributed by atoms with van der Waals surface area (Å²) < 4.78 is 0. The Labute approximate surface area is 68.2 Å². The Morgan fingerprint density at radius 3 is 1.58 bits per heavy atom. The van der Waals surface area contributed by atoms with Gasteiger partial charge < -0.3 is 11.5 Å². The van der Waals surface area contributed by atoms with Gasteiger partial charge >= 0.3 is 0 Å². The second-order valence-electron chi connectivity index (χ2n) is 1.44. The van der Waals surface area contributed by atoms with Crippen LogP contribution in [0.25, 0.3) is 0 Å². The third kappa shape index (κ3) is 4.40. The van der Waals surface area contributed by atoms with Crippen molar-refractivity contribution in [1.82, 2.24) is 10.9 Å². The van der Waals surface area contributed by atoms with E-state index in [2.05, 4.69) is 20.8 Å². The standard InChI is InChI=1S/C4H6N8/c5-1-9-3(7)11-12-4(8)10-2-6/h(H3,7,9,11)(H3,8,10,12). The number of hydrogen-bond donors (Lipinski definition) is 4. The normalized spacial score (nSPS) is 11.2. The number of nitrogens with zero attached hydrogens (tertiary/aromatic N) is 4. The number of nitriles is 2. The maximum atomic E-state index is 8.01. The van der Waals surface area contributed by atoms with Gasteiger partial charge in [0.2, 0.25) is 24.3 Å². The van der Waals surface area contributed by atoms with E-state index in [1.165, 1.54) is 12.4 Å². The highest BCUT2D eigenvalue weighted by Crippen LogP contribution is 1.60. The van der Waals surface area contributed by atoms with Gasteiger partial charge in [-0.2, -0.15) is 10.5 Å². The van der Waals surface area contributed by atoms with Crippen molar-refractivity contribution in [2.24, 2.45) is 21.5 Å². The summed E-state index contributed by atoms with van der Waals surface area (Å²) in [5, 5.41) is 16.0. The van der Waals surface area contributed by atoms with Gasteiger partial charge in [0.1, 0.15) is 0 Å². The summed E-state index contributed by atoms with van der Waals surface area (Å²) in [6.07, 6.45) is 2.88. The zero-order valence-corrected chi connectivity index (χ0v) is 5.94. The van der Waals surface area contributed by atoms with E-state index in [1.807, 2.05) is 0 Å². The van der Waals surface area contributed by atoms with Crippen LogP contribution >= 0.6 is 0 Å². The number of nitrogens with one attached hydrogen (secondary N) is 2. The fourth-order valence-electron chi connectivity index (χ4n) is 0.292. The van der Waals surface area contributed by atoms with Crippen molar-refractivity contribution >= 4 is 11.9 Å². The summed E-state index contributed by atoms with van der Waals surface area (Å²) in [7, 11) is 0. The van der Waals surface area contributed by atoms with Gasteiger partial charge in [-0.1, -0.05) is 0 Å². The van der Waals surface area contributed by atoms with Crippen LogP contribution in [0.2, 0.25) is 0 Å². The molecule has 0 saturated carbocycles. The fraction of sp³-hybridized carbons (Fsp3) is 0. The van der Waals surface area contributed by atoms with E-state index < -0.39 is 0 Å². The molecule has 0 aliphatic carbocycles. The first-order valence-corrected chi connectivity index (χ1v) is 2.67. The highest BCUT2D eigenvalue weighted by atomic mass is 15.4. The molecule has 0 aromatic carbocycles. The van der Waals surface area contributed by atoms with Crippen molar-refractivity contribution in [2.75, 3.05) is 0 Å². The van der Waals surface area contributed by atoms with Gasteiger partial charge in [-0.15, -0.1) is 9.98 Å². The average Bonchev–Trinajstić information content (AvgIpc) is 2.02. The Hall–Kier alpha value is -2.48. The quantitative estimate of drug-likeness (QED) is 0.137. The molecule has 0 rings (SSSR count). The van der Waals surface area contributed by atoms with Crippen LogP contribution in [0, 0.1) is 22.9 Å². The van der Waals surface area contributed by atoms with Crippen molar-refractivity contribution in [3.05, 3.63) is 0 Å². The predicted octanol–water partition coefficient (Wildman–Crippen LogP) is -2.33. The average molecular weight is 166 g/mol. The van der Waals surface area contributed by atoms with E-state index in [-0.39, 0.29) is 11.9 Å². The molecule has 0 radical (unpaired) electrons. The lowest BCUT2D eigenvalue weighted by molar-refractivity contribution is 0.845. The molecule has 0 saturated heterocycles. The third-order valence-electron chi connectivity index (χ3n) is 0.660. The molecule has 0 aliphatic heterocycles. The SMILES string of the molecule is N#CN=C(N)NNC(N)=NC#N. The first-order chi connectivity index (χ1) is 5.70. The van der Waals surface area contributed by atoms with Crippen molar-refractivity contribution < 1.29 is 0 Å². The summed E-state index contributed by atoms with van der Waals surface area (Å²) in [5.41, 5.74) is 14.6. The first kappa shape index (κ1) is 9.52. The molecule has 6 N–H and O–H groups in total. The van der Waals surface area contributed by atoms with Crippen molar-refractivity contribution in [3.8, 4) is 12.4 Å². The van der Waals surface area contributed by atoms with Gasteiger partial charge in [-0.3, -0.25) is 10.9 Å².